The second kappa shape index (κ2) is 8.32. The third kappa shape index (κ3) is 5.15. The Morgan fingerprint density at radius 3 is 2.46 bits per heavy atom. The molecule has 9 heteroatoms. The fourth-order valence-corrected chi connectivity index (χ4v) is 4.31. The number of benzene rings is 1. The van der Waals surface area contributed by atoms with E-state index in [1.54, 1.807) is 12.0 Å². The molecule has 1 amide bonds. The van der Waals surface area contributed by atoms with Gasteiger partial charge >= 0.3 is 0 Å². The molecule has 0 bridgehead atoms. The van der Waals surface area contributed by atoms with Crippen LogP contribution >= 0.6 is 0 Å². The Morgan fingerprint density at radius 2 is 1.96 bits per heavy atom. The molecule has 0 radical (unpaired) electrons. The molecule has 7 nitrogen and oxygen atoms in total. The zero-order valence-corrected chi connectivity index (χ0v) is 16.1. The highest BCUT2D eigenvalue weighted by Crippen LogP contribution is 2.28. The Morgan fingerprint density at radius 1 is 1.31 bits per heavy atom. The number of carbonyl (C=O) groups excluding carboxylic acids is 1. The first-order valence-corrected chi connectivity index (χ1v) is 10.2. The van der Waals surface area contributed by atoms with E-state index in [9.17, 15) is 17.6 Å². The summed E-state index contributed by atoms with van der Waals surface area (Å²) in [5.41, 5.74) is -0.394. The molecule has 1 aliphatic rings. The van der Waals surface area contributed by atoms with E-state index in [2.05, 4.69) is 4.72 Å². The molecule has 0 aliphatic carbocycles. The molecule has 1 aromatic rings. The molecular weight excluding hydrogens is 363 g/mol. The van der Waals surface area contributed by atoms with Gasteiger partial charge in [-0.25, -0.2) is 17.5 Å². The first-order chi connectivity index (χ1) is 12.2. The van der Waals surface area contributed by atoms with Gasteiger partial charge in [0.15, 0.2) is 11.6 Å². The molecule has 0 atom stereocenters. The lowest BCUT2D eigenvalue weighted by Gasteiger charge is -2.42. The molecule has 1 aliphatic heterocycles. The predicted molar refractivity (Wildman–Crippen MR) is 95.3 cm³/mol. The quantitative estimate of drug-likeness (QED) is 0.763. The van der Waals surface area contributed by atoms with Gasteiger partial charge < -0.3 is 14.4 Å². The standard InChI is InChI=1S/C17H25FN2O5S/c1-24-11-8-17(19-26(3,22)23)6-9-20(10-7-17)16(21)13-4-5-15(25-2)14(18)12-13/h4-5,12,19H,6-11H2,1-3H3. The molecule has 1 saturated heterocycles. The number of rotatable bonds is 7. The highest BCUT2D eigenvalue weighted by molar-refractivity contribution is 7.88. The van der Waals surface area contributed by atoms with Crippen molar-refractivity contribution < 1.29 is 27.1 Å². The number of likely N-dealkylation sites (tertiary alicyclic amines) is 1. The highest BCUT2D eigenvalue weighted by atomic mass is 32.2. The number of piperidine rings is 1. The zero-order valence-electron chi connectivity index (χ0n) is 15.2. The second-order valence-electron chi connectivity index (χ2n) is 6.54. The molecule has 146 valence electrons. The zero-order chi connectivity index (χ0) is 19.4. The van der Waals surface area contributed by atoms with E-state index in [1.807, 2.05) is 0 Å². The molecule has 26 heavy (non-hydrogen) atoms. The van der Waals surface area contributed by atoms with Crippen LogP contribution in [0, 0.1) is 5.82 Å². The lowest BCUT2D eigenvalue weighted by atomic mass is 9.85. The van der Waals surface area contributed by atoms with Crippen LogP contribution in [0.3, 0.4) is 0 Å². The first kappa shape index (κ1) is 20.6. The molecular formula is C17H25FN2O5S. The van der Waals surface area contributed by atoms with Crippen molar-refractivity contribution >= 4 is 15.9 Å². The Kier molecular flexibility index (Phi) is 6.59. The van der Waals surface area contributed by atoms with Gasteiger partial charge in [0, 0.05) is 37.9 Å². The summed E-state index contributed by atoms with van der Waals surface area (Å²) in [6, 6.07) is 4.09. The molecule has 1 heterocycles. The number of sulfonamides is 1. The maximum atomic E-state index is 13.8. The topological polar surface area (TPSA) is 84.9 Å². The van der Waals surface area contributed by atoms with Crippen molar-refractivity contribution in [2.75, 3.05) is 40.2 Å². The van der Waals surface area contributed by atoms with Gasteiger partial charge in [0.05, 0.1) is 13.4 Å². The summed E-state index contributed by atoms with van der Waals surface area (Å²) in [6.45, 7) is 1.16. The van der Waals surface area contributed by atoms with Crippen molar-refractivity contribution in [3.63, 3.8) is 0 Å². The molecule has 2 rings (SSSR count). The van der Waals surface area contributed by atoms with E-state index in [-0.39, 0.29) is 17.2 Å². The van der Waals surface area contributed by atoms with Crippen LogP contribution in [0.5, 0.6) is 5.75 Å². The maximum absolute atomic E-state index is 13.8. The minimum absolute atomic E-state index is 0.0797. The summed E-state index contributed by atoms with van der Waals surface area (Å²) in [5, 5.41) is 0. The molecule has 1 N–H and O–H groups in total. The fourth-order valence-electron chi connectivity index (χ4n) is 3.21. The molecule has 0 saturated carbocycles. The molecule has 1 aromatic carbocycles. The third-order valence-electron chi connectivity index (χ3n) is 4.59. The van der Waals surface area contributed by atoms with Crippen molar-refractivity contribution in [1.82, 2.24) is 9.62 Å². The lowest BCUT2D eigenvalue weighted by Crippen LogP contribution is -2.56. The summed E-state index contributed by atoms with van der Waals surface area (Å²) in [7, 11) is -0.468. The van der Waals surface area contributed by atoms with Crippen LogP contribution < -0.4 is 9.46 Å². The van der Waals surface area contributed by atoms with Crippen LogP contribution in [0.25, 0.3) is 0 Å². The van der Waals surface area contributed by atoms with E-state index in [4.69, 9.17) is 9.47 Å². The number of carbonyl (C=O) groups is 1. The SMILES string of the molecule is COCCC1(NS(C)(=O)=O)CCN(C(=O)c2ccc(OC)c(F)c2)CC1. The van der Waals surface area contributed by atoms with E-state index < -0.39 is 21.4 Å². The van der Waals surface area contributed by atoms with Crippen LogP contribution in [0.15, 0.2) is 18.2 Å². The van der Waals surface area contributed by atoms with Gasteiger partial charge in [-0.05, 0) is 37.5 Å². The molecule has 0 spiro atoms. The largest absolute Gasteiger partial charge is 0.494 e. The number of nitrogens with zero attached hydrogens (tertiary/aromatic N) is 1. The van der Waals surface area contributed by atoms with Crippen molar-refractivity contribution in [2.24, 2.45) is 0 Å². The summed E-state index contributed by atoms with van der Waals surface area (Å²) < 4.78 is 49.9. The van der Waals surface area contributed by atoms with E-state index in [0.717, 1.165) is 12.3 Å². The lowest BCUT2D eigenvalue weighted by molar-refractivity contribution is 0.0620. The number of ether oxygens (including phenoxy) is 2. The van der Waals surface area contributed by atoms with Crippen molar-refractivity contribution in [1.29, 1.82) is 0 Å². The van der Waals surface area contributed by atoms with Crippen LogP contribution in [0.4, 0.5) is 4.39 Å². The van der Waals surface area contributed by atoms with Gasteiger partial charge in [-0.2, -0.15) is 0 Å². The van der Waals surface area contributed by atoms with E-state index in [0.29, 0.717) is 39.0 Å². The van der Waals surface area contributed by atoms with E-state index >= 15 is 0 Å². The van der Waals surface area contributed by atoms with Crippen LogP contribution in [0.2, 0.25) is 0 Å². The van der Waals surface area contributed by atoms with Gasteiger partial charge in [-0.1, -0.05) is 0 Å². The second-order valence-corrected chi connectivity index (χ2v) is 8.29. The first-order valence-electron chi connectivity index (χ1n) is 8.30. The predicted octanol–water partition coefficient (Wildman–Crippen LogP) is 1.39. The van der Waals surface area contributed by atoms with Crippen LogP contribution in [-0.4, -0.2) is 64.9 Å². The minimum atomic E-state index is -3.39. The number of nitrogens with one attached hydrogen (secondary N) is 1. The van der Waals surface area contributed by atoms with Crippen molar-refractivity contribution in [2.45, 2.75) is 24.8 Å². The maximum Gasteiger partial charge on any atom is 0.253 e. The van der Waals surface area contributed by atoms with Gasteiger partial charge in [0.25, 0.3) is 5.91 Å². The average molecular weight is 388 g/mol. The average Bonchev–Trinajstić information content (AvgIpc) is 2.58. The van der Waals surface area contributed by atoms with Gasteiger partial charge in [-0.15, -0.1) is 0 Å². The van der Waals surface area contributed by atoms with Crippen molar-refractivity contribution in [3.05, 3.63) is 29.6 Å². The van der Waals surface area contributed by atoms with Crippen LogP contribution in [-0.2, 0) is 14.8 Å². The Labute approximate surface area is 153 Å². The summed E-state index contributed by atoms with van der Waals surface area (Å²) >= 11 is 0. The number of hydrogen-bond acceptors (Lipinski definition) is 5. The Bertz CT molecular complexity index is 746. The van der Waals surface area contributed by atoms with Gasteiger partial charge in [-0.3, -0.25) is 4.79 Å². The number of hydrogen-bond donors (Lipinski definition) is 1. The number of methoxy groups -OCH3 is 2. The minimum Gasteiger partial charge on any atom is -0.494 e. The third-order valence-corrected chi connectivity index (χ3v) is 5.40. The Hall–Kier alpha value is -1.71. The smallest absolute Gasteiger partial charge is 0.253 e. The van der Waals surface area contributed by atoms with Crippen molar-refractivity contribution in [3.8, 4) is 5.75 Å². The van der Waals surface area contributed by atoms with Gasteiger partial charge in [0.1, 0.15) is 0 Å². The highest BCUT2D eigenvalue weighted by Gasteiger charge is 2.38. The van der Waals surface area contributed by atoms with Gasteiger partial charge in [0.2, 0.25) is 10.0 Å². The molecule has 1 fully saturated rings. The molecule has 0 unspecified atom stereocenters. The van der Waals surface area contributed by atoms with E-state index in [1.165, 1.54) is 19.2 Å². The summed E-state index contributed by atoms with van der Waals surface area (Å²) in [5.74, 6) is -0.800. The molecule has 0 aromatic heterocycles. The summed E-state index contributed by atoms with van der Waals surface area (Å²) in [6.07, 6.45) is 2.58. The monoisotopic (exact) mass is 388 g/mol. The fraction of sp³-hybridized carbons (Fsp3) is 0.588. The van der Waals surface area contributed by atoms with Crippen LogP contribution in [0.1, 0.15) is 29.6 Å². The normalized spacial score (nSPS) is 17.2. The number of halogens is 1. The number of amides is 1. The Balaban J connectivity index is 2.09. The summed E-state index contributed by atoms with van der Waals surface area (Å²) in [4.78, 5) is 14.2.